The second-order valence-electron chi connectivity index (χ2n) is 1.17. The second-order valence-corrected chi connectivity index (χ2v) is 1.17. The minimum absolute atomic E-state index is 0. The topological polar surface area (TPSA) is 40.9 Å². The molecule has 0 rings (SSSR count). The summed E-state index contributed by atoms with van der Waals surface area (Å²) in [7, 11) is 0. The van der Waals surface area contributed by atoms with Gasteiger partial charge in [-0.05, 0) is 6.42 Å². The van der Waals surface area contributed by atoms with Crippen molar-refractivity contribution in [2.24, 2.45) is 0 Å². The Morgan fingerprint density at radius 1 is 1.56 bits per heavy atom. The molecule has 3 heteroatoms. The number of carbonyl (C=O) groups excluding carboxylic acids is 1. The van der Waals surface area contributed by atoms with E-state index < -0.39 is 5.91 Å². The molecule has 1 radical (unpaired) electrons. The third kappa shape index (κ3) is 27.4. The Balaban J connectivity index is -0.000000109. The fraction of sp³-hybridized carbons (Fsp3) is 0.667. The van der Waals surface area contributed by atoms with Gasteiger partial charge in [0.2, 0.25) is 0 Å². The molecule has 0 aliphatic heterocycles. The molecule has 0 fully saturated rings. The molecule has 0 aromatic rings. The van der Waals surface area contributed by atoms with Crippen molar-refractivity contribution >= 4 is 5.91 Å². The van der Waals surface area contributed by atoms with Crippen LogP contribution in [0.25, 0.3) is 5.73 Å². The van der Waals surface area contributed by atoms with E-state index in [1.54, 1.807) is 6.92 Å². The number of amides is 1. The van der Waals surface area contributed by atoms with E-state index in [1.807, 2.05) is 6.92 Å². The summed E-state index contributed by atoms with van der Waals surface area (Å²) in [5.74, 6) is -0.461. The van der Waals surface area contributed by atoms with Crippen molar-refractivity contribution < 1.29 is 54.2 Å². The zero-order valence-electron chi connectivity index (χ0n) is 5.91. The van der Waals surface area contributed by atoms with Crippen LogP contribution in [-0.2, 0) is 4.79 Å². The summed E-state index contributed by atoms with van der Waals surface area (Å²) in [6.45, 7) is 6.88. The van der Waals surface area contributed by atoms with Crippen LogP contribution in [0.15, 0.2) is 0 Å². The SMILES string of the molecule is CCCC([NH-])=O.[CH2-]C.[Eu+2]. The maximum atomic E-state index is 9.71. The van der Waals surface area contributed by atoms with Crippen LogP contribution in [-0.4, -0.2) is 5.91 Å². The number of rotatable bonds is 2. The van der Waals surface area contributed by atoms with Crippen molar-refractivity contribution in [3.05, 3.63) is 12.7 Å². The van der Waals surface area contributed by atoms with E-state index in [9.17, 15) is 4.79 Å². The van der Waals surface area contributed by atoms with E-state index in [-0.39, 0.29) is 49.4 Å². The summed E-state index contributed by atoms with van der Waals surface area (Å²) in [5.41, 5.74) is 6.34. The Morgan fingerprint density at radius 2 is 1.89 bits per heavy atom. The summed E-state index contributed by atoms with van der Waals surface area (Å²) in [6.07, 6.45) is 1.20. The molecule has 9 heavy (non-hydrogen) atoms. The molecule has 55 valence electrons. The third-order valence-electron chi connectivity index (χ3n) is 0.477. The predicted octanol–water partition coefficient (Wildman–Crippen LogP) is 2.21. The van der Waals surface area contributed by atoms with Gasteiger partial charge in [0.05, 0.1) is 0 Å². The van der Waals surface area contributed by atoms with E-state index >= 15 is 0 Å². The molecular weight excluding hydrogens is 254 g/mol. The fourth-order valence-electron chi connectivity index (χ4n) is 0.227. The van der Waals surface area contributed by atoms with E-state index in [2.05, 4.69) is 6.92 Å². The molecule has 0 bridgehead atoms. The molecule has 0 unspecified atom stereocenters. The molecule has 0 aliphatic rings. The van der Waals surface area contributed by atoms with Gasteiger partial charge in [-0.15, -0.1) is 0 Å². The molecular formula is C6H13EuNO. The maximum Gasteiger partial charge on any atom is 2.00 e. The summed E-state index contributed by atoms with van der Waals surface area (Å²) >= 11 is 0. The van der Waals surface area contributed by atoms with Crippen LogP contribution in [0, 0.1) is 56.3 Å². The van der Waals surface area contributed by atoms with Gasteiger partial charge in [0.15, 0.2) is 0 Å². The van der Waals surface area contributed by atoms with Gasteiger partial charge in [0.25, 0.3) is 0 Å². The average molecular weight is 267 g/mol. The number of carbonyl (C=O) groups is 1. The Hall–Kier alpha value is 1.05. The molecule has 0 saturated heterocycles. The number of nitrogens with one attached hydrogen (secondary N) is 1. The van der Waals surface area contributed by atoms with Crippen molar-refractivity contribution in [2.75, 3.05) is 0 Å². The van der Waals surface area contributed by atoms with Gasteiger partial charge in [0.1, 0.15) is 0 Å². The maximum absolute atomic E-state index is 9.71. The van der Waals surface area contributed by atoms with Crippen LogP contribution >= 0.6 is 0 Å². The first-order chi connectivity index (χ1) is 3.77. The molecule has 2 nitrogen and oxygen atoms in total. The summed E-state index contributed by atoms with van der Waals surface area (Å²) < 4.78 is 0. The van der Waals surface area contributed by atoms with Gasteiger partial charge in [-0.2, -0.15) is 6.92 Å². The Bertz CT molecular complexity index is 57.0. The van der Waals surface area contributed by atoms with Gasteiger partial charge in [0, 0.05) is 5.91 Å². The molecule has 1 amide bonds. The monoisotopic (exact) mass is 268 g/mol. The molecule has 0 heterocycles. The molecule has 1 N–H and O–H groups in total. The fourth-order valence-corrected chi connectivity index (χ4v) is 0.227. The molecule has 0 saturated carbocycles. The molecule has 0 aliphatic carbocycles. The summed E-state index contributed by atoms with van der Waals surface area (Å²) in [6, 6.07) is 0. The minimum Gasteiger partial charge on any atom is -0.668 e. The largest absolute Gasteiger partial charge is 2.00 e. The first kappa shape index (κ1) is 16.6. The van der Waals surface area contributed by atoms with E-state index in [1.165, 1.54) is 0 Å². The van der Waals surface area contributed by atoms with Gasteiger partial charge < -0.3 is 17.5 Å². The van der Waals surface area contributed by atoms with Crippen LogP contribution in [0.5, 0.6) is 0 Å². The first-order valence-corrected chi connectivity index (χ1v) is 2.72. The van der Waals surface area contributed by atoms with E-state index in [0.29, 0.717) is 6.42 Å². The zero-order valence-corrected chi connectivity index (χ0v) is 8.33. The van der Waals surface area contributed by atoms with Gasteiger partial charge in [-0.25, -0.2) is 0 Å². The second kappa shape index (κ2) is 16.0. The van der Waals surface area contributed by atoms with Gasteiger partial charge in [-0.3, -0.25) is 0 Å². The van der Waals surface area contributed by atoms with Crippen molar-refractivity contribution in [3.8, 4) is 0 Å². The standard InChI is InChI=1S/C4H9NO.C2H5.Eu/c1-2-3-4(5)6;1-2;/h2-3H2,1H3,(H2,5,6);1H2,2H3;/q;-1;+2/p-1. The van der Waals surface area contributed by atoms with Gasteiger partial charge in [-0.1, -0.05) is 13.3 Å². The normalized spacial score (nSPS) is 6.11. The first-order valence-electron chi connectivity index (χ1n) is 2.72. The van der Waals surface area contributed by atoms with E-state index in [4.69, 9.17) is 5.73 Å². The smallest absolute Gasteiger partial charge is 0.668 e. The van der Waals surface area contributed by atoms with Crippen molar-refractivity contribution in [2.45, 2.75) is 26.7 Å². The Kier molecular flexibility index (Phi) is 29.5. The van der Waals surface area contributed by atoms with Crippen LogP contribution in [0.2, 0.25) is 0 Å². The van der Waals surface area contributed by atoms with Crippen molar-refractivity contribution in [3.63, 3.8) is 0 Å². The summed E-state index contributed by atoms with van der Waals surface area (Å²) in [5, 5.41) is 0. The Labute approximate surface area is 98.1 Å². The Morgan fingerprint density at radius 3 is 1.89 bits per heavy atom. The van der Waals surface area contributed by atoms with Crippen molar-refractivity contribution in [1.29, 1.82) is 0 Å². The average Bonchev–Trinajstić information content (AvgIpc) is 1.72. The van der Waals surface area contributed by atoms with Crippen LogP contribution in [0.4, 0.5) is 0 Å². The number of hydrogen-bond acceptors (Lipinski definition) is 1. The predicted molar refractivity (Wildman–Crippen MR) is 35.3 cm³/mol. The molecule has 0 aromatic carbocycles. The molecule has 0 aromatic heterocycles. The van der Waals surface area contributed by atoms with Crippen LogP contribution in [0.3, 0.4) is 0 Å². The van der Waals surface area contributed by atoms with Crippen molar-refractivity contribution in [1.82, 2.24) is 0 Å². The quantitative estimate of drug-likeness (QED) is 0.707. The number of hydrogen-bond donors (Lipinski definition) is 0. The van der Waals surface area contributed by atoms with Crippen LogP contribution < -0.4 is 0 Å². The third-order valence-corrected chi connectivity index (χ3v) is 0.477. The molecule has 0 spiro atoms. The summed E-state index contributed by atoms with van der Waals surface area (Å²) in [4.78, 5) is 9.71. The zero-order chi connectivity index (χ0) is 6.99. The molecule has 0 atom stereocenters. The van der Waals surface area contributed by atoms with Crippen LogP contribution in [0.1, 0.15) is 26.7 Å². The van der Waals surface area contributed by atoms with E-state index in [0.717, 1.165) is 6.42 Å². The minimum atomic E-state index is -0.461. The van der Waals surface area contributed by atoms with Gasteiger partial charge >= 0.3 is 49.4 Å².